The van der Waals surface area contributed by atoms with Gasteiger partial charge < -0.3 is 14.3 Å². The monoisotopic (exact) mass is 468 g/mol. The molecule has 1 amide bonds. The van der Waals surface area contributed by atoms with Crippen LogP contribution in [0.25, 0.3) is 22.4 Å². The van der Waals surface area contributed by atoms with Gasteiger partial charge in [0.25, 0.3) is 0 Å². The summed E-state index contributed by atoms with van der Waals surface area (Å²) in [6.45, 7) is 1.80. The molecule has 4 aromatic rings. The summed E-state index contributed by atoms with van der Waals surface area (Å²) >= 11 is 0. The van der Waals surface area contributed by atoms with Crippen molar-refractivity contribution in [1.82, 2.24) is 4.98 Å². The zero-order chi connectivity index (χ0) is 24.4. The fourth-order valence-corrected chi connectivity index (χ4v) is 4.17. The molecular weight excluding hydrogens is 444 g/mol. The van der Waals surface area contributed by atoms with E-state index in [-0.39, 0.29) is 5.88 Å². The Hall–Kier alpha value is -4.39. The molecule has 5 rings (SSSR count). The largest absolute Gasteiger partial charge is 0.481 e. The third kappa shape index (κ3) is 4.53. The number of oxazole rings is 1. The summed E-state index contributed by atoms with van der Waals surface area (Å²) in [5, 5.41) is 12.1. The maximum Gasteiger partial charge on any atom is 0.414 e. The molecule has 2 N–H and O–H groups in total. The Kier molecular flexibility index (Phi) is 5.82. The molecule has 1 aromatic heterocycles. The van der Waals surface area contributed by atoms with Crippen LogP contribution in [0.1, 0.15) is 37.0 Å². The van der Waals surface area contributed by atoms with E-state index in [0.29, 0.717) is 18.5 Å². The van der Waals surface area contributed by atoms with Crippen LogP contribution in [0.2, 0.25) is 0 Å². The number of hydrogen-bond acceptors (Lipinski definition) is 5. The van der Waals surface area contributed by atoms with E-state index in [0.717, 1.165) is 27.8 Å². The molecule has 0 radical (unpaired) electrons. The van der Waals surface area contributed by atoms with E-state index in [4.69, 9.17) is 9.15 Å². The minimum Gasteiger partial charge on any atom is -0.481 e. The average Bonchev–Trinajstić information content (AvgIpc) is 3.58. The Morgan fingerprint density at radius 3 is 2.14 bits per heavy atom. The van der Waals surface area contributed by atoms with Gasteiger partial charge in [-0.2, -0.15) is 0 Å². The maximum atomic E-state index is 12.4. The molecular formula is C28H24N2O5. The van der Waals surface area contributed by atoms with Crippen molar-refractivity contribution in [2.45, 2.75) is 31.3 Å². The highest BCUT2D eigenvalue weighted by atomic mass is 16.6. The number of benzene rings is 3. The lowest BCUT2D eigenvalue weighted by Gasteiger charge is -2.13. The number of nitrogens with one attached hydrogen (secondary N) is 1. The molecule has 0 saturated heterocycles. The number of carboxylic acids is 1. The van der Waals surface area contributed by atoms with Gasteiger partial charge in [-0.15, -0.1) is 0 Å². The second kappa shape index (κ2) is 9.10. The molecule has 1 fully saturated rings. The van der Waals surface area contributed by atoms with Crippen LogP contribution in [-0.2, 0) is 14.9 Å². The third-order valence-electron chi connectivity index (χ3n) is 6.42. The molecule has 0 aliphatic heterocycles. The SMILES string of the molecule is CC(OC(=O)Nc1ocnc1-c1ccc(-c2ccc(C3(C(=O)O)CC3)cc2)cc1)c1ccccc1. The third-order valence-corrected chi connectivity index (χ3v) is 6.42. The van der Waals surface area contributed by atoms with Crippen LogP contribution in [-0.4, -0.2) is 22.2 Å². The molecule has 7 heteroatoms. The summed E-state index contributed by atoms with van der Waals surface area (Å²) in [5.74, 6) is -0.555. The molecule has 1 heterocycles. The Morgan fingerprint density at radius 2 is 1.54 bits per heavy atom. The van der Waals surface area contributed by atoms with Gasteiger partial charge in [0.2, 0.25) is 5.88 Å². The lowest BCUT2D eigenvalue weighted by atomic mass is 9.93. The number of nitrogens with zero attached hydrogens (tertiary/aromatic N) is 1. The molecule has 7 nitrogen and oxygen atoms in total. The number of aliphatic carboxylic acids is 1. The van der Waals surface area contributed by atoms with Crippen molar-refractivity contribution in [3.05, 3.63) is 96.4 Å². The second-order valence-corrected chi connectivity index (χ2v) is 8.66. The van der Waals surface area contributed by atoms with E-state index in [1.165, 1.54) is 6.39 Å². The number of carboxylic acid groups (broad SMARTS) is 1. The Bertz CT molecular complexity index is 1340. The first-order chi connectivity index (χ1) is 17.0. The summed E-state index contributed by atoms with van der Waals surface area (Å²) in [5.41, 5.74) is 4.25. The number of rotatable bonds is 7. The zero-order valence-corrected chi connectivity index (χ0v) is 19.1. The second-order valence-electron chi connectivity index (χ2n) is 8.66. The van der Waals surface area contributed by atoms with Crippen molar-refractivity contribution in [3.8, 4) is 22.4 Å². The highest BCUT2D eigenvalue weighted by Crippen LogP contribution is 2.48. The number of carbonyl (C=O) groups is 2. The van der Waals surface area contributed by atoms with Gasteiger partial charge in [0.15, 0.2) is 6.39 Å². The van der Waals surface area contributed by atoms with Crippen molar-refractivity contribution in [2.24, 2.45) is 0 Å². The quantitative estimate of drug-likeness (QED) is 0.324. The first-order valence-electron chi connectivity index (χ1n) is 11.4. The maximum absolute atomic E-state index is 12.4. The van der Waals surface area contributed by atoms with Crippen molar-refractivity contribution < 1.29 is 23.8 Å². The van der Waals surface area contributed by atoms with Gasteiger partial charge >= 0.3 is 12.1 Å². The van der Waals surface area contributed by atoms with Gasteiger partial charge in [0, 0.05) is 5.56 Å². The zero-order valence-electron chi connectivity index (χ0n) is 19.1. The molecule has 35 heavy (non-hydrogen) atoms. The number of amides is 1. The van der Waals surface area contributed by atoms with Gasteiger partial charge in [0.1, 0.15) is 11.8 Å². The number of carbonyl (C=O) groups excluding carboxylic acids is 1. The molecule has 1 atom stereocenters. The first-order valence-corrected chi connectivity index (χ1v) is 11.4. The van der Waals surface area contributed by atoms with E-state index in [1.54, 1.807) is 6.92 Å². The van der Waals surface area contributed by atoms with Gasteiger partial charge in [0.05, 0.1) is 5.41 Å². The van der Waals surface area contributed by atoms with Crippen LogP contribution < -0.4 is 5.32 Å². The van der Waals surface area contributed by atoms with Crippen LogP contribution in [0, 0.1) is 0 Å². The van der Waals surface area contributed by atoms with E-state index < -0.39 is 23.6 Å². The average molecular weight is 469 g/mol. The lowest BCUT2D eigenvalue weighted by Crippen LogP contribution is -2.19. The Labute approximate surface area is 202 Å². The van der Waals surface area contributed by atoms with Crippen LogP contribution in [0.15, 0.2) is 89.7 Å². The lowest BCUT2D eigenvalue weighted by molar-refractivity contribution is -0.140. The molecule has 3 aromatic carbocycles. The van der Waals surface area contributed by atoms with Crippen molar-refractivity contribution >= 4 is 17.9 Å². The minimum atomic E-state index is -0.759. The number of anilines is 1. The topological polar surface area (TPSA) is 102 Å². The summed E-state index contributed by atoms with van der Waals surface area (Å²) in [6.07, 6.45) is 1.59. The van der Waals surface area contributed by atoms with Crippen molar-refractivity contribution in [2.75, 3.05) is 5.32 Å². The Morgan fingerprint density at radius 1 is 0.943 bits per heavy atom. The van der Waals surface area contributed by atoms with E-state index >= 15 is 0 Å². The van der Waals surface area contributed by atoms with E-state index in [9.17, 15) is 14.7 Å². The predicted molar refractivity (Wildman–Crippen MR) is 131 cm³/mol. The molecule has 0 bridgehead atoms. The fourth-order valence-electron chi connectivity index (χ4n) is 4.17. The Balaban J connectivity index is 1.27. The fraction of sp³-hybridized carbons (Fsp3) is 0.179. The highest BCUT2D eigenvalue weighted by Gasteiger charge is 2.51. The minimum absolute atomic E-state index is 0.204. The predicted octanol–water partition coefficient (Wildman–Crippen LogP) is 6.43. The van der Waals surface area contributed by atoms with Crippen molar-refractivity contribution in [3.63, 3.8) is 0 Å². The first kappa shape index (κ1) is 22.4. The van der Waals surface area contributed by atoms with Gasteiger partial charge in [-0.05, 0) is 42.0 Å². The summed E-state index contributed by atoms with van der Waals surface area (Å²) in [7, 11) is 0. The summed E-state index contributed by atoms with van der Waals surface area (Å²) in [4.78, 5) is 28.2. The smallest absolute Gasteiger partial charge is 0.414 e. The standard InChI is InChI=1S/C28H24N2O5/c1-18(19-5-3-2-4-6-19)35-27(33)30-25-24(29-17-34-25)22-9-7-20(8-10-22)21-11-13-23(14-12-21)28(15-16-28)26(31)32/h2-14,17-18H,15-16H2,1H3,(H,30,33)(H,31,32). The van der Waals surface area contributed by atoms with Crippen LogP contribution in [0.3, 0.4) is 0 Å². The molecule has 1 aliphatic rings. The van der Waals surface area contributed by atoms with Gasteiger partial charge in [-0.3, -0.25) is 10.1 Å². The van der Waals surface area contributed by atoms with Crippen LogP contribution in [0.5, 0.6) is 0 Å². The molecule has 176 valence electrons. The van der Waals surface area contributed by atoms with Crippen LogP contribution in [0.4, 0.5) is 10.7 Å². The van der Waals surface area contributed by atoms with E-state index in [1.807, 2.05) is 78.9 Å². The molecule has 1 aliphatic carbocycles. The van der Waals surface area contributed by atoms with Crippen molar-refractivity contribution in [1.29, 1.82) is 0 Å². The number of aromatic nitrogens is 1. The summed E-state index contributed by atoms with van der Waals surface area (Å²) in [6, 6.07) is 24.8. The van der Waals surface area contributed by atoms with E-state index in [2.05, 4.69) is 10.3 Å². The van der Waals surface area contributed by atoms with Gasteiger partial charge in [-0.25, -0.2) is 9.78 Å². The number of hydrogen-bond donors (Lipinski definition) is 2. The molecule has 1 unspecified atom stereocenters. The highest BCUT2D eigenvalue weighted by molar-refractivity contribution is 5.88. The molecule has 1 saturated carbocycles. The van der Waals surface area contributed by atoms with Crippen LogP contribution >= 0.6 is 0 Å². The normalized spacial score (nSPS) is 14.7. The molecule has 0 spiro atoms. The van der Waals surface area contributed by atoms with Gasteiger partial charge in [-0.1, -0.05) is 78.9 Å². The summed E-state index contributed by atoms with van der Waals surface area (Å²) < 4.78 is 10.8. The number of ether oxygens (including phenoxy) is 1.